The van der Waals surface area contributed by atoms with E-state index in [0.29, 0.717) is 6.42 Å². The lowest BCUT2D eigenvalue weighted by Crippen LogP contribution is -2.30. The summed E-state index contributed by atoms with van der Waals surface area (Å²) in [5.74, 6) is -0.592. The molecular weight excluding hydrogens is 251 g/mol. The molecule has 3 unspecified atom stereocenters. The number of hydrogen-bond acceptors (Lipinski definition) is 3. The minimum absolute atomic E-state index is 0.0315. The summed E-state index contributed by atoms with van der Waals surface area (Å²) in [5.41, 5.74) is 0. The van der Waals surface area contributed by atoms with Crippen molar-refractivity contribution in [2.24, 2.45) is 5.92 Å². The quantitative estimate of drug-likeness (QED) is 0.582. The number of ether oxygens (including phenoxy) is 2. The predicted octanol–water partition coefficient (Wildman–Crippen LogP) is 2.68. The molecule has 3 nitrogen and oxygen atoms in total. The second kappa shape index (κ2) is 4.71. The highest BCUT2D eigenvalue weighted by atomic mass is 35.5. The molecule has 0 heterocycles. The monoisotopic (exact) mass is 266 g/mol. The molecule has 0 N–H and O–H groups in total. The van der Waals surface area contributed by atoms with Crippen LogP contribution in [0.5, 0.6) is 0 Å². The maximum absolute atomic E-state index is 11.7. The van der Waals surface area contributed by atoms with Gasteiger partial charge in [-0.05, 0) is 25.7 Å². The number of halogens is 2. The van der Waals surface area contributed by atoms with Crippen molar-refractivity contribution in [3.8, 4) is 0 Å². The summed E-state index contributed by atoms with van der Waals surface area (Å²) in [4.78, 5) is 11.7. The van der Waals surface area contributed by atoms with Gasteiger partial charge in [-0.3, -0.25) is 4.79 Å². The Kier molecular flexibility index (Phi) is 3.67. The van der Waals surface area contributed by atoms with E-state index in [1.54, 1.807) is 7.11 Å². The minimum Gasteiger partial charge on any atom is -0.462 e. The number of alkyl halides is 2. The van der Waals surface area contributed by atoms with Gasteiger partial charge in [-0.25, -0.2) is 0 Å². The van der Waals surface area contributed by atoms with Crippen LogP contribution in [0.25, 0.3) is 0 Å². The summed E-state index contributed by atoms with van der Waals surface area (Å²) in [6.45, 7) is 0. The first-order valence-electron chi connectivity index (χ1n) is 5.64. The number of hydrogen-bond donors (Lipinski definition) is 0. The van der Waals surface area contributed by atoms with E-state index in [4.69, 9.17) is 32.7 Å². The van der Waals surface area contributed by atoms with Gasteiger partial charge < -0.3 is 9.47 Å². The fourth-order valence-electron chi connectivity index (χ4n) is 2.14. The molecule has 0 aromatic heterocycles. The fourth-order valence-corrected chi connectivity index (χ4v) is 2.63. The third-order valence-corrected chi connectivity index (χ3v) is 4.14. The second-order valence-corrected chi connectivity index (χ2v) is 6.14. The predicted molar refractivity (Wildman–Crippen MR) is 61.7 cm³/mol. The third-order valence-electron chi connectivity index (χ3n) is 3.30. The molecule has 0 saturated heterocycles. The third kappa shape index (κ3) is 2.82. The van der Waals surface area contributed by atoms with Gasteiger partial charge in [0.15, 0.2) is 0 Å². The zero-order valence-electron chi connectivity index (χ0n) is 9.25. The van der Waals surface area contributed by atoms with Gasteiger partial charge >= 0.3 is 5.97 Å². The summed E-state index contributed by atoms with van der Waals surface area (Å²) in [7, 11) is 1.69. The fraction of sp³-hybridized carbons (Fsp3) is 0.909. The average molecular weight is 267 g/mol. The lowest BCUT2D eigenvalue weighted by Gasteiger charge is -2.27. The normalized spacial score (nSPS) is 36.8. The zero-order chi connectivity index (χ0) is 11.8. The van der Waals surface area contributed by atoms with Crippen LogP contribution in [0.2, 0.25) is 0 Å². The Morgan fingerprint density at radius 2 is 1.94 bits per heavy atom. The molecule has 2 fully saturated rings. The van der Waals surface area contributed by atoms with Crippen molar-refractivity contribution in [1.29, 1.82) is 0 Å². The maximum atomic E-state index is 11.7. The van der Waals surface area contributed by atoms with Crippen molar-refractivity contribution in [2.75, 3.05) is 7.11 Å². The topological polar surface area (TPSA) is 35.5 Å². The molecular formula is C11H16Cl2O3. The van der Waals surface area contributed by atoms with Crippen molar-refractivity contribution < 1.29 is 14.3 Å². The van der Waals surface area contributed by atoms with Crippen LogP contribution in [-0.4, -0.2) is 29.6 Å². The van der Waals surface area contributed by atoms with E-state index in [1.807, 2.05) is 0 Å². The van der Waals surface area contributed by atoms with E-state index in [0.717, 1.165) is 25.7 Å². The van der Waals surface area contributed by atoms with Gasteiger partial charge in [0.1, 0.15) is 10.4 Å². The molecule has 2 aliphatic rings. The molecule has 0 aromatic carbocycles. The van der Waals surface area contributed by atoms with Gasteiger partial charge in [0.25, 0.3) is 0 Å². The van der Waals surface area contributed by atoms with Crippen molar-refractivity contribution >= 4 is 29.2 Å². The van der Waals surface area contributed by atoms with E-state index in [2.05, 4.69) is 0 Å². The first-order valence-corrected chi connectivity index (χ1v) is 6.39. The van der Waals surface area contributed by atoms with Gasteiger partial charge in [-0.1, -0.05) is 0 Å². The summed E-state index contributed by atoms with van der Waals surface area (Å²) < 4.78 is 9.79. The highest BCUT2D eigenvalue weighted by Gasteiger charge is 2.57. The van der Waals surface area contributed by atoms with E-state index in [1.165, 1.54) is 0 Å². The van der Waals surface area contributed by atoms with Crippen LogP contribution < -0.4 is 0 Å². The molecule has 2 saturated carbocycles. The van der Waals surface area contributed by atoms with Crippen LogP contribution in [0.3, 0.4) is 0 Å². The van der Waals surface area contributed by atoms with Crippen LogP contribution in [-0.2, 0) is 14.3 Å². The Morgan fingerprint density at radius 1 is 1.31 bits per heavy atom. The van der Waals surface area contributed by atoms with Crippen LogP contribution in [0, 0.1) is 5.92 Å². The summed E-state index contributed by atoms with van der Waals surface area (Å²) in [5, 5.41) is 0. The molecule has 3 atom stereocenters. The van der Waals surface area contributed by atoms with Crippen LogP contribution >= 0.6 is 23.2 Å². The largest absolute Gasteiger partial charge is 0.462 e. The Hall–Kier alpha value is 0.01000. The molecule has 2 rings (SSSR count). The second-order valence-electron chi connectivity index (χ2n) is 4.60. The molecule has 0 radical (unpaired) electrons. The molecule has 92 valence electrons. The van der Waals surface area contributed by atoms with Gasteiger partial charge in [-0.15, -0.1) is 23.2 Å². The van der Waals surface area contributed by atoms with Crippen LogP contribution in [0.1, 0.15) is 32.1 Å². The van der Waals surface area contributed by atoms with Gasteiger partial charge in [0.05, 0.1) is 12.0 Å². The molecule has 0 amide bonds. The summed E-state index contributed by atoms with van der Waals surface area (Å²) >= 11 is 11.6. The SMILES string of the molecule is COC1CCCC(OC(=O)C2CC2(Cl)Cl)C1. The Bertz CT molecular complexity index is 280. The number of methoxy groups -OCH3 is 1. The van der Waals surface area contributed by atoms with Gasteiger partial charge in [0, 0.05) is 13.5 Å². The number of esters is 1. The zero-order valence-corrected chi connectivity index (χ0v) is 10.8. The van der Waals surface area contributed by atoms with Crippen LogP contribution in [0.4, 0.5) is 0 Å². The maximum Gasteiger partial charge on any atom is 0.312 e. The Labute approximate surface area is 105 Å². The summed E-state index contributed by atoms with van der Waals surface area (Å²) in [6.07, 6.45) is 4.47. The molecule has 0 aromatic rings. The van der Waals surface area contributed by atoms with Crippen molar-refractivity contribution in [1.82, 2.24) is 0 Å². The highest BCUT2D eigenvalue weighted by molar-refractivity contribution is 6.52. The smallest absolute Gasteiger partial charge is 0.312 e. The highest BCUT2D eigenvalue weighted by Crippen LogP contribution is 2.53. The lowest BCUT2D eigenvalue weighted by molar-refractivity contribution is -0.154. The lowest BCUT2D eigenvalue weighted by atomic mass is 9.95. The first kappa shape index (κ1) is 12.5. The van der Waals surface area contributed by atoms with Crippen LogP contribution in [0.15, 0.2) is 0 Å². The van der Waals surface area contributed by atoms with E-state index in [9.17, 15) is 4.79 Å². The van der Waals surface area contributed by atoms with Crippen molar-refractivity contribution in [3.63, 3.8) is 0 Å². The molecule has 2 aliphatic carbocycles. The minimum atomic E-state index is -0.883. The van der Waals surface area contributed by atoms with E-state index < -0.39 is 4.33 Å². The van der Waals surface area contributed by atoms with Gasteiger partial charge in [0.2, 0.25) is 0 Å². The molecule has 5 heteroatoms. The summed E-state index contributed by atoms with van der Waals surface area (Å²) in [6, 6.07) is 0. The number of rotatable bonds is 3. The Balaban J connectivity index is 1.79. The molecule has 0 bridgehead atoms. The Morgan fingerprint density at radius 3 is 2.50 bits per heavy atom. The number of carbonyl (C=O) groups is 1. The molecule has 0 spiro atoms. The average Bonchev–Trinajstić information content (AvgIpc) is 2.88. The molecule has 0 aliphatic heterocycles. The number of carbonyl (C=O) groups excluding carboxylic acids is 1. The standard InChI is InChI=1S/C11H16Cl2O3/c1-15-7-3-2-4-8(5-7)16-10(14)9-6-11(9,12)13/h7-9H,2-6H2,1H3. The van der Waals surface area contributed by atoms with Gasteiger partial charge in [-0.2, -0.15) is 0 Å². The van der Waals surface area contributed by atoms with E-state index in [-0.39, 0.29) is 24.1 Å². The molecule has 16 heavy (non-hydrogen) atoms. The first-order chi connectivity index (χ1) is 7.53. The van der Waals surface area contributed by atoms with Crippen molar-refractivity contribution in [3.05, 3.63) is 0 Å². The van der Waals surface area contributed by atoms with Crippen molar-refractivity contribution in [2.45, 2.75) is 48.6 Å². The van der Waals surface area contributed by atoms with E-state index >= 15 is 0 Å².